The number of aryl methyl sites for hydroxylation is 2. The highest BCUT2D eigenvalue weighted by Crippen LogP contribution is 2.45. The van der Waals surface area contributed by atoms with Crippen molar-refractivity contribution in [1.29, 1.82) is 0 Å². The third kappa shape index (κ3) is 3.51. The molecule has 6 rings (SSSR count). The van der Waals surface area contributed by atoms with E-state index < -0.39 is 17.7 Å². The molecule has 0 radical (unpaired) electrons. The number of carbonyl (C=O) groups excluding carboxylic acids is 2. The lowest BCUT2D eigenvalue weighted by molar-refractivity contribution is -0.132. The summed E-state index contributed by atoms with van der Waals surface area (Å²) in [6, 6.07) is 11.6. The van der Waals surface area contributed by atoms with Crippen molar-refractivity contribution < 1.29 is 24.2 Å². The third-order valence-corrected chi connectivity index (χ3v) is 7.29. The summed E-state index contributed by atoms with van der Waals surface area (Å²) < 4.78 is 12.1. The highest BCUT2D eigenvalue weighted by Gasteiger charge is 2.48. The van der Waals surface area contributed by atoms with Gasteiger partial charge in [-0.1, -0.05) is 23.5 Å². The fraction of sp³-hybridized carbons (Fsp3) is 0.185. The number of pyridine rings is 1. The van der Waals surface area contributed by atoms with Crippen molar-refractivity contribution in [3.8, 4) is 11.5 Å². The van der Waals surface area contributed by atoms with Gasteiger partial charge in [-0.05, 0) is 60.9 Å². The van der Waals surface area contributed by atoms with Crippen LogP contribution in [0.5, 0.6) is 11.5 Å². The molecule has 9 heteroatoms. The van der Waals surface area contributed by atoms with Gasteiger partial charge in [-0.25, -0.2) is 4.98 Å². The summed E-state index contributed by atoms with van der Waals surface area (Å²) in [5.41, 5.74) is 3.75. The number of hydrogen-bond donors (Lipinski definition) is 1. The molecule has 180 valence electrons. The maximum Gasteiger partial charge on any atom is 0.301 e. The smallest absolute Gasteiger partial charge is 0.301 e. The SMILES string of the molecule is Cc1cc(C)c2nc(N3C(=O)C(=O)C(=C(O)c4ccc5c(c4)OCCO5)[C@@H]3c3cccnc3)sc2c1. The maximum absolute atomic E-state index is 13.4. The number of anilines is 1. The van der Waals surface area contributed by atoms with Crippen LogP contribution in [0.4, 0.5) is 5.13 Å². The number of aliphatic hydroxyl groups is 1. The average Bonchev–Trinajstić information content (AvgIpc) is 3.42. The van der Waals surface area contributed by atoms with Crippen molar-refractivity contribution >= 4 is 44.1 Å². The number of nitrogens with zero attached hydrogens (tertiary/aromatic N) is 3. The second-order valence-corrected chi connectivity index (χ2v) is 9.75. The van der Waals surface area contributed by atoms with E-state index in [1.54, 1.807) is 42.7 Å². The van der Waals surface area contributed by atoms with E-state index in [9.17, 15) is 14.7 Å². The van der Waals surface area contributed by atoms with Crippen molar-refractivity contribution in [1.82, 2.24) is 9.97 Å². The summed E-state index contributed by atoms with van der Waals surface area (Å²) in [7, 11) is 0. The lowest BCUT2D eigenvalue weighted by Gasteiger charge is -2.23. The Labute approximate surface area is 210 Å². The molecule has 1 amide bonds. The molecule has 2 aliphatic heterocycles. The summed E-state index contributed by atoms with van der Waals surface area (Å²) in [5.74, 6) is -0.814. The van der Waals surface area contributed by atoms with E-state index in [0.29, 0.717) is 41.0 Å². The number of ketones is 1. The quantitative estimate of drug-likeness (QED) is 0.248. The zero-order chi connectivity index (χ0) is 25.0. The number of aliphatic hydroxyl groups excluding tert-OH is 1. The van der Waals surface area contributed by atoms with Gasteiger partial charge >= 0.3 is 5.91 Å². The number of amides is 1. The molecule has 1 N–H and O–H groups in total. The van der Waals surface area contributed by atoms with E-state index in [1.165, 1.54) is 16.2 Å². The lowest BCUT2D eigenvalue weighted by atomic mass is 9.96. The fourth-order valence-electron chi connectivity index (χ4n) is 4.69. The summed E-state index contributed by atoms with van der Waals surface area (Å²) in [6.45, 7) is 4.79. The van der Waals surface area contributed by atoms with Crippen LogP contribution in [-0.2, 0) is 9.59 Å². The lowest BCUT2D eigenvalue weighted by Crippen LogP contribution is -2.29. The number of benzene rings is 2. The summed E-state index contributed by atoms with van der Waals surface area (Å²) >= 11 is 1.34. The molecule has 0 saturated carbocycles. The van der Waals surface area contributed by atoms with Crippen LogP contribution in [0.3, 0.4) is 0 Å². The van der Waals surface area contributed by atoms with E-state index >= 15 is 0 Å². The van der Waals surface area contributed by atoms with Crippen LogP contribution in [0.2, 0.25) is 0 Å². The Morgan fingerprint density at radius 3 is 2.67 bits per heavy atom. The van der Waals surface area contributed by atoms with Crippen molar-refractivity contribution in [3.05, 3.63) is 82.7 Å². The van der Waals surface area contributed by atoms with Gasteiger partial charge < -0.3 is 14.6 Å². The minimum absolute atomic E-state index is 0.0307. The topological polar surface area (TPSA) is 102 Å². The zero-order valence-electron chi connectivity index (χ0n) is 19.5. The first kappa shape index (κ1) is 22.2. The maximum atomic E-state index is 13.4. The first-order valence-corrected chi connectivity index (χ1v) is 12.2. The highest BCUT2D eigenvalue weighted by atomic mass is 32.1. The van der Waals surface area contributed by atoms with Crippen LogP contribution in [0, 0.1) is 13.8 Å². The molecule has 1 saturated heterocycles. The van der Waals surface area contributed by atoms with Gasteiger partial charge in [0.15, 0.2) is 16.6 Å². The van der Waals surface area contributed by atoms with Gasteiger partial charge in [0.05, 0.1) is 21.8 Å². The number of rotatable bonds is 3. The second kappa shape index (κ2) is 8.46. The number of thiazole rings is 1. The average molecular weight is 500 g/mol. The van der Waals surface area contributed by atoms with Crippen LogP contribution in [0.15, 0.2) is 60.4 Å². The van der Waals surface area contributed by atoms with Crippen LogP contribution >= 0.6 is 11.3 Å². The minimum Gasteiger partial charge on any atom is -0.507 e. The summed E-state index contributed by atoms with van der Waals surface area (Å²) in [4.78, 5) is 37.1. The monoisotopic (exact) mass is 499 g/mol. The molecule has 2 aliphatic rings. The number of hydrogen-bond acceptors (Lipinski definition) is 8. The predicted molar refractivity (Wildman–Crippen MR) is 136 cm³/mol. The first-order chi connectivity index (χ1) is 17.4. The molecule has 0 unspecified atom stereocenters. The molecule has 1 fully saturated rings. The minimum atomic E-state index is -0.895. The van der Waals surface area contributed by atoms with Crippen molar-refractivity contribution in [2.75, 3.05) is 18.1 Å². The number of fused-ring (bicyclic) bond motifs is 2. The first-order valence-electron chi connectivity index (χ1n) is 11.4. The van der Waals surface area contributed by atoms with E-state index in [4.69, 9.17) is 14.5 Å². The Kier molecular flexibility index (Phi) is 5.22. The van der Waals surface area contributed by atoms with Crippen molar-refractivity contribution in [3.63, 3.8) is 0 Å². The van der Waals surface area contributed by atoms with Gasteiger partial charge in [0.25, 0.3) is 5.78 Å². The van der Waals surface area contributed by atoms with Gasteiger partial charge in [-0.15, -0.1) is 0 Å². The van der Waals surface area contributed by atoms with E-state index in [2.05, 4.69) is 4.98 Å². The second-order valence-electron chi connectivity index (χ2n) is 8.74. The van der Waals surface area contributed by atoms with Gasteiger partial charge in [0.1, 0.15) is 19.0 Å². The standard InChI is InChI=1S/C27H21N3O5S/c1-14-10-15(2)22-20(11-14)36-27(29-22)30-23(17-4-3-7-28-13-17)21(25(32)26(30)33)24(31)16-5-6-18-19(12-16)35-9-8-34-18/h3-7,10-13,23,31H,8-9H2,1-2H3/t23-/m0/s1. The molecule has 2 aromatic carbocycles. The molecule has 0 spiro atoms. The van der Waals surface area contributed by atoms with E-state index in [0.717, 1.165) is 21.3 Å². The third-order valence-electron chi connectivity index (χ3n) is 6.28. The van der Waals surface area contributed by atoms with Crippen molar-refractivity contribution in [2.24, 2.45) is 0 Å². The molecule has 8 nitrogen and oxygen atoms in total. The molecule has 4 aromatic rings. The Morgan fingerprint density at radius 1 is 1.08 bits per heavy atom. The Hall–Kier alpha value is -4.24. The van der Waals surface area contributed by atoms with Gasteiger partial charge in [0, 0.05) is 18.0 Å². The molecule has 4 heterocycles. The fourth-order valence-corrected chi connectivity index (χ4v) is 5.86. The van der Waals surface area contributed by atoms with Gasteiger partial charge in [-0.3, -0.25) is 19.5 Å². The van der Waals surface area contributed by atoms with Gasteiger partial charge in [0.2, 0.25) is 0 Å². The number of carbonyl (C=O) groups is 2. The molecule has 0 bridgehead atoms. The molecule has 2 aromatic heterocycles. The van der Waals surface area contributed by atoms with E-state index in [1.807, 2.05) is 26.0 Å². The number of ether oxygens (including phenoxy) is 2. The zero-order valence-corrected chi connectivity index (χ0v) is 20.3. The van der Waals surface area contributed by atoms with E-state index in [-0.39, 0.29) is 11.3 Å². The predicted octanol–water partition coefficient (Wildman–Crippen LogP) is 4.71. The molecular formula is C27H21N3O5S. The molecular weight excluding hydrogens is 478 g/mol. The largest absolute Gasteiger partial charge is 0.507 e. The summed E-state index contributed by atoms with van der Waals surface area (Å²) in [6.07, 6.45) is 3.20. The molecule has 0 aliphatic carbocycles. The molecule has 36 heavy (non-hydrogen) atoms. The number of aromatic nitrogens is 2. The van der Waals surface area contributed by atoms with Crippen LogP contribution in [-0.4, -0.2) is 40.0 Å². The Balaban J connectivity index is 1.54. The van der Waals surface area contributed by atoms with Gasteiger partial charge in [-0.2, -0.15) is 0 Å². The number of Topliss-reactive ketones (excluding diaryl/α,β-unsaturated/α-hetero) is 1. The summed E-state index contributed by atoms with van der Waals surface area (Å²) in [5, 5.41) is 11.8. The van der Waals surface area contributed by atoms with Crippen LogP contribution in [0.25, 0.3) is 16.0 Å². The highest BCUT2D eigenvalue weighted by molar-refractivity contribution is 7.22. The Bertz CT molecular complexity index is 1580. The Morgan fingerprint density at radius 2 is 1.89 bits per heavy atom. The normalized spacial score (nSPS) is 18.7. The van der Waals surface area contributed by atoms with Crippen LogP contribution < -0.4 is 14.4 Å². The van der Waals surface area contributed by atoms with Crippen molar-refractivity contribution in [2.45, 2.75) is 19.9 Å². The van der Waals surface area contributed by atoms with Crippen LogP contribution in [0.1, 0.15) is 28.3 Å². The molecule has 1 atom stereocenters.